The minimum absolute atomic E-state index is 0.0707. The minimum Gasteiger partial charge on any atom is -0.359 e. The number of aromatic nitrogens is 1. The molecule has 2 aliphatic carbocycles. The smallest absolute Gasteiger partial charge is 0.273 e. The van der Waals surface area contributed by atoms with E-state index in [0.29, 0.717) is 12.0 Å². The molecule has 1 aromatic rings. The molecule has 22 heavy (non-hydrogen) atoms. The van der Waals surface area contributed by atoms with E-state index in [4.69, 9.17) is 0 Å². The van der Waals surface area contributed by atoms with Crippen molar-refractivity contribution >= 4 is 17.7 Å². The molecule has 1 aromatic heterocycles. The molecule has 1 atom stereocenters. The number of aromatic amines is 1. The standard InChI is InChI=1S/C17H22N4O/c1-21(2)15-5-3-4-14-12(15)8-11(18-14)9-13-16(10-6-7-10)19-20-17(13)22/h8-10,15,18H,3-7H2,1-2H3,(H,20,22)/b13-9-. The molecule has 116 valence electrons. The van der Waals surface area contributed by atoms with Gasteiger partial charge in [0.1, 0.15) is 0 Å². The fraction of sp³-hybridized carbons (Fsp3) is 0.529. The van der Waals surface area contributed by atoms with Gasteiger partial charge in [0.2, 0.25) is 0 Å². The highest BCUT2D eigenvalue weighted by Crippen LogP contribution is 2.36. The van der Waals surface area contributed by atoms with Crippen LogP contribution >= 0.6 is 0 Å². The first kappa shape index (κ1) is 13.8. The summed E-state index contributed by atoms with van der Waals surface area (Å²) < 4.78 is 0. The maximum atomic E-state index is 12.0. The number of hydrogen-bond acceptors (Lipinski definition) is 3. The molecule has 2 heterocycles. The second-order valence-corrected chi connectivity index (χ2v) is 6.80. The average molecular weight is 298 g/mol. The van der Waals surface area contributed by atoms with Crippen molar-refractivity contribution < 1.29 is 4.79 Å². The highest BCUT2D eigenvalue weighted by molar-refractivity contribution is 6.28. The molecule has 5 nitrogen and oxygen atoms in total. The van der Waals surface area contributed by atoms with Gasteiger partial charge in [-0.05, 0) is 63.9 Å². The van der Waals surface area contributed by atoms with Gasteiger partial charge >= 0.3 is 0 Å². The van der Waals surface area contributed by atoms with E-state index in [1.54, 1.807) is 0 Å². The van der Waals surface area contributed by atoms with Crippen LogP contribution in [0.3, 0.4) is 0 Å². The van der Waals surface area contributed by atoms with E-state index in [2.05, 4.69) is 40.6 Å². The summed E-state index contributed by atoms with van der Waals surface area (Å²) in [7, 11) is 4.26. The lowest BCUT2D eigenvalue weighted by Crippen LogP contribution is -2.23. The van der Waals surface area contributed by atoms with Gasteiger partial charge in [-0.2, -0.15) is 5.10 Å². The lowest BCUT2D eigenvalue weighted by molar-refractivity contribution is -0.116. The number of nitrogens with zero attached hydrogens (tertiary/aromatic N) is 2. The van der Waals surface area contributed by atoms with Gasteiger partial charge in [-0.3, -0.25) is 4.79 Å². The molecule has 0 spiro atoms. The molecule has 0 saturated heterocycles. The Morgan fingerprint density at radius 2 is 2.14 bits per heavy atom. The van der Waals surface area contributed by atoms with Gasteiger partial charge in [-0.25, -0.2) is 5.43 Å². The summed E-state index contributed by atoms with van der Waals surface area (Å²) in [4.78, 5) is 17.8. The third-order valence-corrected chi connectivity index (χ3v) is 4.90. The van der Waals surface area contributed by atoms with Crippen LogP contribution < -0.4 is 5.43 Å². The van der Waals surface area contributed by atoms with Gasteiger partial charge < -0.3 is 9.88 Å². The Morgan fingerprint density at radius 1 is 1.32 bits per heavy atom. The number of fused-ring (bicyclic) bond motifs is 1. The number of carbonyl (C=O) groups excluding carboxylic acids is 1. The van der Waals surface area contributed by atoms with Gasteiger partial charge in [0.25, 0.3) is 5.91 Å². The molecule has 0 radical (unpaired) electrons. The lowest BCUT2D eigenvalue weighted by atomic mass is 9.92. The van der Waals surface area contributed by atoms with E-state index >= 15 is 0 Å². The summed E-state index contributed by atoms with van der Waals surface area (Å²) in [6.45, 7) is 0. The zero-order valence-corrected chi connectivity index (χ0v) is 13.1. The zero-order chi connectivity index (χ0) is 15.3. The van der Waals surface area contributed by atoms with Crippen LogP contribution in [0.15, 0.2) is 16.7 Å². The first-order valence-electron chi connectivity index (χ1n) is 8.11. The Balaban J connectivity index is 1.68. The van der Waals surface area contributed by atoms with E-state index in [1.807, 2.05) is 6.08 Å². The van der Waals surface area contributed by atoms with E-state index in [9.17, 15) is 4.79 Å². The Kier molecular flexibility index (Phi) is 3.18. The van der Waals surface area contributed by atoms with Crippen molar-refractivity contribution in [2.45, 2.75) is 38.1 Å². The summed E-state index contributed by atoms with van der Waals surface area (Å²) in [5.41, 5.74) is 8.02. The minimum atomic E-state index is -0.0707. The second-order valence-electron chi connectivity index (χ2n) is 6.80. The van der Waals surface area contributed by atoms with Gasteiger partial charge in [0, 0.05) is 23.3 Å². The number of hydrazone groups is 1. The Hall–Kier alpha value is -1.88. The van der Waals surface area contributed by atoms with Crippen LogP contribution in [-0.2, 0) is 11.2 Å². The van der Waals surface area contributed by atoms with Crippen LogP contribution in [0.2, 0.25) is 0 Å². The topological polar surface area (TPSA) is 60.5 Å². The van der Waals surface area contributed by atoms with Crippen LogP contribution in [0, 0.1) is 5.92 Å². The number of rotatable bonds is 3. The Bertz CT molecular complexity index is 679. The van der Waals surface area contributed by atoms with Gasteiger partial charge in [0.05, 0.1) is 11.3 Å². The van der Waals surface area contributed by atoms with Gasteiger partial charge in [0.15, 0.2) is 0 Å². The molecule has 4 rings (SSSR count). The molecule has 0 aromatic carbocycles. The van der Waals surface area contributed by atoms with E-state index in [-0.39, 0.29) is 5.91 Å². The monoisotopic (exact) mass is 298 g/mol. The molecule has 1 unspecified atom stereocenters. The van der Waals surface area contributed by atoms with Crippen LogP contribution in [0.25, 0.3) is 6.08 Å². The van der Waals surface area contributed by atoms with Crippen LogP contribution in [0.1, 0.15) is 48.7 Å². The summed E-state index contributed by atoms with van der Waals surface area (Å²) >= 11 is 0. The molecule has 3 aliphatic rings. The van der Waals surface area contributed by atoms with Crippen molar-refractivity contribution in [3.8, 4) is 0 Å². The Labute approximate surface area is 130 Å². The molecule has 1 aliphatic heterocycles. The van der Waals surface area contributed by atoms with E-state index < -0.39 is 0 Å². The number of hydrogen-bond donors (Lipinski definition) is 2. The normalized spacial score (nSPS) is 26.3. The lowest BCUT2D eigenvalue weighted by Gasteiger charge is -2.28. The highest BCUT2D eigenvalue weighted by atomic mass is 16.2. The molecule has 1 fully saturated rings. The molecular weight excluding hydrogens is 276 g/mol. The summed E-state index contributed by atoms with van der Waals surface area (Å²) in [6, 6.07) is 2.68. The van der Waals surface area contributed by atoms with Crippen LogP contribution in [0.4, 0.5) is 0 Å². The van der Waals surface area contributed by atoms with E-state index in [0.717, 1.165) is 36.2 Å². The molecule has 1 amide bonds. The van der Waals surface area contributed by atoms with Crippen molar-refractivity contribution in [2.75, 3.05) is 14.1 Å². The predicted molar refractivity (Wildman–Crippen MR) is 86.4 cm³/mol. The predicted octanol–water partition coefficient (Wildman–Crippen LogP) is 2.23. The Morgan fingerprint density at radius 3 is 2.86 bits per heavy atom. The summed E-state index contributed by atoms with van der Waals surface area (Å²) in [6.07, 6.45) is 7.78. The molecule has 0 bridgehead atoms. The fourth-order valence-corrected chi connectivity index (χ4v) is 3.59. The molecular formula is C17H22N4O. The summed E-state index contributed by atoms with van der Waals surface area (Å²) in [5, 5.41) is 4.21. The maximum Gasteiger partial charge on any atom is 0.273 e. The van der Waals surface area contributed by atoms with Crippen LogP contribution in [0.5, 0.6) is 0 Å². The number of nitrogens with one attached hydrogen (secondary N) is 2. The highest BCUT2D eigenvalue weighted by Gasteiger charge is 2.36. The van der Waals surface area contributed by atoms with Crippen molar-refractivity contribution in [1.82, 2.24) is 15.3 Å². The second kappa shape index (κ2) is 5.09. The van der Waals surface area contributed by atoms with Gasteiger partial charge in [-0.1, -0.05) is 0 Å². The van der Waals surface area contributed by atoms with Crippen molar-refractivity contribution in [3.05, 3.63) is 28.6 Å². The number of H-pyrrole nitrogens is 1. The molecule has 1 saturated carbocycles. The number of aryl methyl sites for hydroxylation is 1. The molecule has 5 heteroatoms. The fourth-order valence-electron chi connectivity index (χ4n) is 3.59. The van der Waals surface area contributed by atoms with Crippen molar-refractivity contribution in [2.24, 2.45) is 11.0 Å². The molecule has 2 N–H and O–H groups in total. The van der Waals surface area contributed by atoms with Crippen molar-refractivity contribution in [3.63, 3.8) is 0 Å². The SMILES string of the molecule is CN(C)C1CCCc2[nH]c(/C=C3\C(=O)NN=C3C3CC3)cc21. The van der Waals surface area contributed by atoms with Crippen LogP contribution in [-0.4, -0.2) is 35.6 Å². The zero-order valence-electron chi connectivity index (χ0n) is 13.1. The maximum absolute atomic E-state index is 12.0. The first-order valence-corrected chi connectivity index (χ1v) is 8.11. The average Bonchev–Trinajstić information content (AvgIpc) is 3.15. The number of carbonyl (C=O) groups is 1. The first-order chi connectivity index (χ1) is 10.6. The van der Waals surface area contributed by atoms with Crippen molar-refractivity contribution in [1.29, 1.82) is 0 Å². The quantitative estimate of drug-likeness (QED) is 0.841. The largest absolute Gasteiger partial charge is 0.359 e. The summed E-state index contributed by atoms with van der Waals surface area (Å²) in [5.74, 6) is 0.406. The van der Waals surface area contributed by atoms with Gasteiger partial charge in [-0.15, -0.1) is 0 Å². The number of amides is 1. The van der Waals surface area contributed by atoms with E-state index in [1.165, 1.54) is 24.1 Å². The third-order valence-electron chi connectivity index (χ3n) is 4.90. The third kappa shape index (κ3) is 2.29.